The van der Waals surface area contributed by atoms with E-state index in [2.05, 4.69) is 10.2 Å². The lowest BCUT2D eigenvalue weighted by molar-refractivity contribution is -0.0646. The molecule has 0 aliphatic carbocycles. The number of likely N-dealkylation sites (tertiary alicyclic amines) is 1. The lowest BCUT2D eigenvalue weighted by atomic mass is 10.0. The van der Waals surface area contributed by atoms with Crippen molar-refractivity contribution in [1.29, 1.82) is 0 Å². The van der Waals surface area contributed by atoms with Gasteiger partial charge in [-0.05, 0) is 69.0 Å². The molecule has 37 heavy (non-hydrogen) atoms. The molecule has 4 rings (SSSR count). The van der Waals surface area contributed by atoms with Crippen LogP contribution in [0.4, 0.5) is 9.18 Å². The maximum absolute atomic E-state index is 13.4. The Hall–Kier alpha value is -2.68. The third-order valence-corrected chi connectivity index (χ3v) is 6.85. The van der Waals surface area contributed by atoms with Crippen molar-refractivity contribution >= 4 is 6.03 Å². The van der Waals surface area contributed by atoms with Gasteiger partial charge in [0.05, 0.1) is 18.8 Å². The molecular formula is C29H40FN3O4. The summed E-state index contributed by atoms with van der Waals surface area (Å²) in [4.78, 5) is 17.8. The SMILES string of the molecule is CC(C)Oc1ccc(CN(C(=O)NCc2ccc(F)cc2)C2CCN(CCC3OC[C@H](C)O3)CC2)cc1. The van der Waals surface area contributed by atoms with E-state index in [1.807, 2.05) is 49.9 Å². The zero-order chi connectivity index (χ0) is 26.2. The number of nitrogens with zero attached hydrogens (tertiary/aromatic N) is 2. The first-order valence-electron chi connectivity index (χ1n) is 13.4. The van der Waals surface area contributed by atoms with Crippen molar-refractivity contribution in [2.75, 3.05) is 26.2 Å². The second-order valence-corrected chi connectivity index (χ2v) is 10.3. The fraction of sp³-hybridized carbons (Fsp3) is 0.552. The molecule has 0 saturated carbocycles. The van der Waals surface area contributed by atoms with E-state index in [0.717, 1.165) is 55.8 Å². The zero-order valence-electron chi connectivity index (χ0n) is 22.2. The predicted molar refractivity (Wildman–Crippen MR) is 141 cm³/mol. The highest BCUT2D eigenvalue weighted by Crippen LogP contribution is 2.22. The van der Waals surface area contributed by atoms with Crippen molar-refractivity contribution in [3.63, 3.8) is 0 Å². The molecule has 0 aromatic heterocycles. The Morgan fingerprint density at radius 1 is 1.11 bits per heavy atom. The summed E-state index contributed by atoms with van der Waals surface area (Å²) in [7, 11) is 0. The minimum atomic E-state index is -0.283. The van der Waals surface area contributed by atoms with E-state index in [4.69, 9.17) is 14.2 Å². The maximum atomic E-state index is 13.4. The molecule has 0 spiro atoms. The highest BCUT2D eigenvalue weighted by molar-refractivity contribution is 5.74. The number of halogens is 1. The number of urea groups is 1. The van der Waals surface area contributed by atoms with Crippen LogP contribution in [-0.4, -0.2) is 66.6 Å². The Morgan fingerprint density at radius 3 is 2.41 bits per heavy atom. The smallest absolute Gasteiger partial charge is 0.318 e. The number of ether oxygens (including phenoxy) is 3. The molecule has 2 aliphatic rings. The maximum Gasteiger partial charge on any atom is 0.318 e. The molecular weight excluding hydrogens is 473 g/mol. The highest BCUT2D eigenvalue weighted by atomic mass is 19.1. The van der Waals surface area contributed by atoms with Gasteiger partial charge in [-0.2, -0.15) is 0 Å². The fourth-order valence-electron chi connectivity index (χ4n) is 4.86. The van der Waals surface area contributed by atoms with Gasteiger partial charge < -0.3 is 29.3 Å². The molecule has 1 N–H and O–H groups in total. The first-order chi connectivity index (χ1) is 17.9. The van der Waals surface area contributed by atoms with E-state index < -0.39 is 0 Å². The molecule has 7 nitrogen and oxygen atoms in total. The topological polar surface area (TPSA) is 63.3 Å². The van der Waals surface area contributed by atoms with Crippen LogP contribution >= 0.6 is 0 Å². The Labute approximate surface area is 219 Å². The molecule has 2 aromatic carbocycles. The second-order valence-electron chi connectivity index (χ2n) is 10.3. The van der Waals surface area contributed by atoms with Gasteiger partial charge in [0.2, 0.25) is 0 Å². The third-order valence-electron chi connectivity index (χ3n) is 6.85. The molecule has 0 bridgehead atoms. The molecule has 202 valence electrons. The van der Waals surface area contributed by atoms with Crippen LogP contribution in [0.2, 0.25) is 0 Å². The normalized spacial score (nSPS) is 20.8. The number of amides is 2. The molecule has 1 unspecified atom stereocenters. The van der Waals surface area contributed by atoms with Crippen LogP contribution in [0, 0.1) is 5.82 Å². The monoisotopic (exact) mass is 513 g/mol. The quantitative estimate of drug-likeness (QED) is 0.488. The van der Waals surface area contributed by atoms with Gasteiger partial charge in [0.1, 0.15) is 11.6 Å². The number of hydrogen-bond acceptors (Lipinski definition) is 5. The summed E-state index contributed by atoms with van der Waals surface area (Å²) < 4.78 is 30.5. The third kappa shape index (κ3) is 8.42. The molecule has 8 heteroatoms. The van der Waals surface area contributed by atoms with Crippen molar-refractivity contribution in [3.05, 3.63) is 65.5 Å². The van der Waals surface area contributed by atoms with E-state index in [0.29, 0.717) is 19.7 Å². The van der Waals surface area contributed by atoms with Crippen molar-refractivity contribution in [2.24, 2.45) is 0 Å². The number of hydrogen-bond donors (Lipinski definition) is 1. The predicted octanol–water partition coefficient (Wildman–Crippen LogP) is 4.94. The Balaban J connectivity index is 1.35. The van der Waals surface area contributed by atoms with Gasteiger partial charge in [0, 0.05) is 45.2 Å². The van der Waals surface area contributed by atoms with E-state index in [1.165, 1.54) is 12.1 Å². The molecule has 2 heterocycles. The minimum Gasteiger partial charge on any atom is -0.491 e. The summed E-state index contributed by atoms with van der Waals surface area (Å²) in [6, 6.07) is 14.2. The Bertz CT molecular complexity index is 978. The number of carbonyl (C=O) groups is 1. The van der Waals surface area contributed by atoms with Gasteiger partial charge in [0.15, 0.2) is 6.29 Å². The lowest BCUT2D eigenvalue weighted by Gasteiger charge is -2.39. The molecule has 2 aliphatic heterocycles. The number of benzene rings is 2. The average molecular weight is 514 g/mol. The van der Waals surface area contributed by atoms with Crippen molar-refractivity contribution < 1.29 is 23.4 Å². The van der Waals surface area contributed by atoms with Gasteiger partial charge in [-0.25, -0.2) is 9.18 Å². The Kier molecular flexibility index (Phi) is 9.77. The molecule has 2 saturated heterocycles. The molecule has 0 radical (unpaired) electrons. The number of nitrogens with one attached hydrogen (secondary N) is 1. The summed E-state index contributed by atoms with van der Waals surface area (Å²) in [5.41, 5.74) is 1.92. The summed E-state index contributed by atoms with van der Waals surface area (Å²) >= 11 is 0. The van der Waals surface area contributed by atoms with Gasteiger partial charge in [-0.15, -0.1) is 0 Å². The average Bonchev–Trinajstić information content (AvgIpc) is 3.31. The van der Waals surface area contributed by atoms with E-state index in [-0.39, 0.29) is 36.4 Å². The summed E-state index contributed by atoms with van der Waals surface area (Å²) in [5.74, 6) is 0.540. The fourth-order valence-corrected chi connectivity index (χ4v) is 4.86. The largest absolute Gasteiger partial charge is 0.491 e. The van der Waals surface area contributed by atoms with Crippen LogP contribution in [0.25, 0.3) is 0 Å². The van der Waals surface area contributed by atoms with Gasteiger partial charge in [-0.1, -0.05) is 24.3 Å². The number of carbonyl (C=O) groups excluding carboxylic acids is 1. The molecule has 2 fully saturated rings. The van der Waals surface area contributed by atoms with Crippen molar-refractivity contribution in [2.45, 2.75) is 77.7 Å². The van der Waals surface area contributed by atoms with Crippen molar-refractivity contribution in [1.82, 2.24) is 15.1 Å². The van der Waals surface area contributed by atoms with E-state index in [1.54, 1.807) is 12.1 Å². The molecule has 2 amide bonds. The van der Waals surface area contributed by atoms with Gasteiger partial charge in [-0.3, -0.25) is 0 Å². The van der Waals surface area contributed by atoms with Crippen LogP contribution in [0.5, 0.6) is 5.75 Å². The van der Waals surface area contributed by atoms with Crippen LogP contribution in [0.3, 0.4) is 0 Å². The van der Waals surface area contributed by atoms with Crippen LogP contribution < -0.4 is 10.1 Å². The lowest BCUT2D eigenvalue weighted by Crippen LogP contribution is -2.50. The minimum absolute atomic E-state index is 0.105. The first kappa shape index (κ1) is 27.4. The van der Waals surface area contributed by atoms with Crippen LogP contribution in [-0.2, 0) is 22.6 Å². The van der Waals surface area contributed by atoms with E-state index >= 15 is 0 Å². The Morgan fingerprint density at radius 2 is 1.78 bits per heavy atom. The number of rotatable bonds is 10. The van der Waals surface area contributed by atoms with Gasteiger partial charge >= 0.3 is 6.03 Å². The second kappa shape index (κ2) is 13.2. The van der Waals surface area contributed by atoms with E-state index in [9.17, 15) is 9.18 Å². The van der Waals surface area contributed by atoms with Crippen LogP contribution in [0.15, 0.2) is 48.5 Å². The molecule has 2 atom stereocenters. The highest BCUT2D eigenvalue weighted by Gasteiger charge is 2.29. The zero-order valence-corrected chi connectivity index (χ0v) is 22.2. The summed E-state index contributed by atoms with van der Waals surface area (Å²) in [5, 5.41) is 3.04. The number of piperidine rings is 1. The summed E-state index contributed by atoms with van der Waals surface area (Å²) in [6.07, 6.45) is 2.84. The van der Waals surface area contributed by atoms with Gasteiger partial charge in [0.25, 0.3) is 0 Å². The first-order valence-corrected chi connectivity index (χ1v) is 13.4. The summed E-state index contributed by atoms with van der Waals surface area (Å²) in [6.45, 7) is 10.4. The van der Waals surface area contributed by atoms with Crippen molar-refractivity contribution in [3.8, 4) is 5.75 Å². The van der Waals surface area contributed by atoms with Crippen LogP contribution in [0.1, 0.15) is 51.2 Å². The molecule has 2 aromatic rings. The standard InChI is InChI=1S/C29H40FN3O4/c1-21(2)36-27-10-6-24(7-11-27)19-33(29(34)31-18-23-4-8-25(30)9-5-23)26-12-15-32(16-13-26)17-14-28-35-20-22(3)37-28/h4-11,21-22,26,28H,12-20H2,1-3H3,(H,31,34)/t22-,28?/m0/s1.